The number of fused-ring (bicyclic) bond motifs is 20. The highest BCUT2D eigenvalue weighted by Gasteiger charge is 2.36. The molecule has 6 aromatic heterocycles. The zero-order valence-electron chi connectivity index (χ0n) is 52.8. The van der Waals surface area contributed by atoms with Crippen LogP contribution in [0.15, 0.2) is 247 Å². The number of rotatable bonds is 5. The maximum absolute atomic E-state index is 13.0. The van der Waals surface area contributed by atoms with Gasteiger partial charge in [-0.1, -0.05) is 182 Å². The smallest absolute Gasteiger partial charge is 0.237 e. The third-order valence-electron chi connectivity index (χ3n) is 16.5. The standard InChI is InChI=1S/C74H40N6OS/c1-76-66-67(79-63-40-35-44(43-19-3-2-4-20-43)41-56(63)53-36-38-54-50-26-10-17-33-64(50)81-73(54)69(53)79)57(42-75)68(77-58-28-12-5-21-45(58)46-22-6-13-29-59(46)77)72(71(66)78-60-30-14-7-23-47(60)48-24-8-15-31-61(48)78)80-62-32-16-9-25-49(62)52-37-39-55-51-27-11-18-34-65(51)82-74(55)70(52)80/h2-41H/i9D,11D,16D,18D,25D,27D,32D,34D,37D,39D. The number of hydrogen-bond acceptors (Lipinski definition) is 3. The van der Waals surface area contributed by atoms with Crippen molar-refractivity contribution in [1.29, 1.82) is 5.26 Å². The number of nitriles is 1. The molecule has 7 nitrogen and oxygen atoms in total. The summed E-state index contributed by atoms with van der Waals surface area (Å²) >= 11 is 0.960. The predicted octanol–water partition coefficient (Wildman–Crippen LogP) is 20.4. The summed E-state index contributed by atoms with van der Waals surface area (Å²) in [6.07, 6.45) is 0. The maximum Gasteiger partial charge on any atom is 0.237 e. The van der Waals surface area contributed by atoms with Crippen LogP contribution in [0.1, 0.15) is 19.3 Å². The second-order valence-corrected chi connectivity index (χ2v) is 21.5. The Morgan fingerprint density at radius 2 is 0.976 bits per heavy atom. The molecule has 0 atom stereocenters. The van der Waals surface area contributed by atoms with Crippen LogP contribution >= 0.6 is 11.3 Å². The molecule has 0 fully saturated rings. The van der Waals surface area contributed by atoms with Crippen LogP contribution in [-0.4, -0.2) is 18.3 Å². The molecule has 8 heteroatoms. The van der Waals surface area contributed by atoms with Gasteiger partial charge in [-0.3, -0.25) is 0 Å². The highest BCUT2D eigenvalue weighted by atomic mass is 32.1. The number of nitrogens with zero attached hydrogens (tertiary/aromatic N) is 6. The molecular weight excluding hydrogens is 1020 g/mol. The van der Waals surface area contributed by atoms with Crippen molar-refractivity contribution in [3.63, 3.8) is 0 Å². The Morgan fingerprint density at radius 3 is 1.66 bits per heavy atom. The quantitative estimate of drug-likeness (QED) is 0.161. The van der Waals surface area contributed by atoms with Gasteiger partial charge in [0.1, 0.15) is 11.7 Å². The highest BCUT2D eigenvalue weighted by Crippen LogP contribution is 2.54. The Hall–Kier alpha value is -11.2. The molecule has 0 saturated heterocycles. The van der Waals surface area contributed by atoms with E-state index in [4.69, 9.17) is 12.0 Å². The Balaban J connectivity index is 1.19. The van der Waals surface area contributed by atoms with Crippen LogP contribution in [0.3, 0.4) is 0 Å². The largest absolute Gasteiger partial charge is 0.454 e. The molecule has 0 N–H and O–H groups in total. The molecule has 0 amide bonds. The summed E-state index contributed by atoms with van der Waals surface area (Å²) in [5.41, 5.74) is 7.12. The number of para-hydroxylation sites is 6. The summed E-state index contributed by atoms with van der Waals surface area (Å²) in [7, 11) is 0. The highest BCUT2D eigenvalue weighted by molar-refractivity contribution is 7.26. The van der Waals surface area contributed by atoms with Gasteiger partial charge in [0.15, 0.2) is 5.58 Å². The van der Waals surface area contributed by atoms with E-state index in [-0.39, 0.29) is 82.0 Å². The summed E-state index contributed by atoms with van der Waals surface area (Å²) in [5, 5.41) is 19.2. The second-order valence-electron chi connectivity index (χ2n) is 20.5. The molecule has 12 aromatic carbocycles. The van der Waals surface area contributed by atoms with Gasteiger partial charge >= 0.3 is 0 Å². The van der Waals surface area contributed by atoms with E-state index in [1.807, 2.05) is 184 Å². The third kappa shape index (κ3) is 5.84. The zero-order valence-corrected chi connectivity index (χ0v) is 43.6. The van der Waals surface area contributed by atoms with Crippen LogP contribution in [0.2, 0.25) is 0 Å². The van der Waals surface area contributed by atoms with Gasteiger partial charge in [0.25, 0.3) is 0 Å². The monoisotopic (exact) mass is 1070 g/mol. The van der Waals surface area contributed by atoms with Crippen LogP contribution in [0, 0.1) is 17.9 Å². The second kappa shape index (κ2) is 16.7. The van der Waals surface area contributed by atoms with Gasteiger partial charge in [0.2, 0.25) is 5.69 Å². The van der Waals surface area contributed by atoms with Crippen molar-refractivity contribution >= 4 is 146 Å². The molecule has 0 spiro atoms. The van der Waals surface area contributed by atoms with Gasteiger partial charge in [-0.15, -0.1) is 11.3 Å². The van der Waals surface area contributed by atoms with Gasteiger partial charge in [0.05, 0.1) is 97.4 Å². The minimum Gasteiger partial charge on any atom is -0.454 e. The van der Waals surface area contributed by atoms with E-state index in [9.17, 15) is 22.8 Å². The third-order valence-corrected chi connectivity index (χ3v) is 17.6. The van der Waals surface area contributed by atoms with Gasteiger partial charge < -0.3 is 22.7 Å². The zero-order chi connectivity index (χ0) is 62.6. The molecule has 18 aromatic rings. The Kier molecular flexibility index (Phi) is 7.34. The maximum atomic E-state index is 13.0. The van der Waals surface area contributed by atoms with E-state index in [0.717, 1.165) is 65.6 Å². The van der Waals surface area contributed by atoms with Crippen molar-refractivity contribution < 1.29 is 18.1 Å². The van der Waals surface area contributed by atoms with E-state index >= 15 is 0 Å². The van der Waals surface area contributed by atoms with Gasteiger partial charge in [-0.25, -0.2) is 4.85 Å². The average Bonchev–Trinajstić information content (AvgIpc) is 1.48. The van der Waals surface area contributed by atoms with Crippen molar-refractivity contribution in [3.05, 3.63) is 259 Å². The number of hydrogen-bond donors (Lipinski definition) is 0. The number of furan rings is 1. The fraction of sp³-hybridized carbons (Fsp3) is 0. The van der Waals surface area contributed by atoms with Crippen molar-refractivity contribution in [2.45, 2.75) is 0 Å². The Morgan fingerprint density at radius 1 is 0.415 bits per heavy atom. The molecule has 0 bridgehead atoms. The fourth-order valence-corrected chi connectivity index (χ4v) is 14.3. The van der Waals surface area contributed by atoms with Crippen LogP contribution in [0.4, 0.5) is 5.69 Å². The molecule has 0 saturated carbocycles. The summed E-state index contributed by atoms with van der Waals surface area (Å²) in [6, 6.07) is 56.9. The van der Waals surface area contributed by atoms with E-state index in [2.05, 4.69) is 18.2 Å². The van der Waals surface area contributed by atoms with Crippen LogP contribution in [0.25, 0.3) is 168 Å². The van der Waals surface area contributed by atoms with E-state index in [0.29, 0.717) is 44.3 Å². The van der Waals surface area contributed by atoms with Crippen molar-refractivity contribution in [2.24, 2.45) is 0 Å². The topological polar surface area (TPSA) is 61.0 Å². The molecule has 0 unspecified atom stereocenters. The summed E-state index contributed by atoms with van der Waals surface area (Å²) in [5.74, 6) is 0. The van der Waals surface area contributed by atoms with Crippen LogP contribution in [-0.2, 0) is 0 Å². The molecule has 6 heterocycles. The lowest BCUT2D eigenvalue weighted by Crippen LogP contribution is -2.14. The summed E-state index contributed by atoms with van der Waals surface area (Å²) < 4.78 is 111. The van der Waals surface area contributed by atoms with Crippen molar-refractivity contribution in [2.75, 3.05) is 0 Å². The lowest BCUT2D eigenvalue weighted by atomic mass is 10.0. The molecule has 0 aliphatic rings. The molecule has 82 heavy (non-hydrogen) atoms. The number of thiophene rings is 1. The van der Waals surface area contributed by atoms with Crippen LogP contribution < -0.4 is 0 Å². The summed E-state index contributed by atoms with van der Waals surface area (Å²) in [4.78, 5) is 4.72. The first-order valence-electron chi connectivity index (χ1n) is 31.6. The first-order chi connectivity index (χ1) is 44.8. The fourth-order valence-electron chi connectivity index (χ4n) is 13.2. The first-order valence-corrected chi connectivity index (χ1v) is 27.4. The normalized spacial score (nSPS) is 13.8. The predicted molar refractivity (Wildman–Crippen MR) is 340 cm³/mol. The molecule has 378 valence electrons. The SMILES string of the molecule is [2H]c1c([2H])c([2H])c2c(sc3c2c([2H])c([2H])c2c4c([2H])c([2H])c([2H])c([2H])c4n(-c4c(-n5c6ccccc6c6ccccc65)c(C#N)c(-n5c6ccc(-c7ccccc7)cc6c6ccc7c8ccccc8oc7c65)c([N+]#[C-])c4-n4c5ccccc5c5ccccc54)c32)c1[2H]. The van der Waals surface area contributed by atoms with Crippen molar-refractivity contribution in [1.82, 2.24) is 18.3 Å². The van der Waals surface area contributed by atoms with Gasteiger partial charge in [-0.2, -0.15) is 5.26 Å². The minimum absolute atomic E-state index is 0.00294. The number of aromatic nitrogens is 4. The van der Waals surface area contributed by atoms with Crippen LogP contribution in [0.5, 0.6) is 0 Å². The molecule has 18 rings (SSSR count). The summed E-state index contributed by atoms with van der Waals surface area (Å²) in [6.45, 7) is 10.1. The number of benzene rings is 12. The van der Waals surface area contributed by atoms with Gasteiger partial charge in [-0.05, 0) is 71.7 Å². The van der Waals surface area contributed by atoms with E-state index in [1.54, 1.807) is 4.57 Å². The minimum atomic E-state index is -0.620. The Labute approximate surface area is 485 Å². The molecule has 0 radical (unpaired) electrons. The molecular formula is C74H40N6OS. The van der Waals surface area contributed by atoms with Crippen molar-refractivity contribution in [3.8, 4) is 39.9 Å². The molecule has 0 aliphatic carbocycles. The van der Waals surface area contributed by atoms with Gasteiger partial charge in [0, 0.05) is 69.3 Å². The van der Waals surface area contributed by atoms with E-state index < -0.39 is 54.4 Å². The first kappa shape index (κ1) is 36.1. The lowest BCUT2D eigenvalue weighted by molar-refractivity contribution is 0.671. The molecule has 0 aliphatic heterocycles. The average molecular weight is 1070 g/mol. The lowest BCUT2D eigenvalue weighted by Gasteiger charge is -2.27. The Bertz CT molecular complexity index is 6300. The van der Waals surface area contributed by atoms with E-state index in [1.165, 1.54) is 0 Å².